The van der Waals surface area contributed by atoms with E-state index in [0.717, 1.165) is 30.4 Å². The number of benzene rings is 1. The second kappa shape index (κ2) is 16.8. The van der Waals surface area contributed by atoms with Gasteiger partial charge < -0.3 is 20.1 Å². The highest BCUT2D eigenvalue weighted by atomic mass is 16.5. The first-order valence-electron chi connectivity index (χ1n) is 13.8. The molecule has 0 bridgehead atoms. The molecule has 1 aromatic carbocycles. The highest BCUT2D eigenvalue weighted by Gasteiger charge is 2.35. The highest BCUT2D eigenvalue weighted by Crippen LogP contribution is 2.37. The van der Waals surface area contributed by atoms with Gasteiger partial charge in [0.2, 0.25) is 0 Å². The number of urea groups is 1. The van der Waals surface area contributed by atoms with Crippen LogP contribution in [-0.4, -0.2) is 25.7 Å². The summed E-state index contributed by atoms with van der Waals surface area (Å²) in [4.78, 5) is 24.9. The van der Waals surface area contributed by atoms with Crippen LogP contribution in [0, 0.1) is 0 Å². The number of nitrogens with one attached hydrogen (secondary N) is 2. The second-order valence-electron chi connectivity index (χ2n) is 9.45. The number of unbranched alkanes of at least 4 members (excludes halogenated alkanes) is 9. The van der Waals surface area contributed by atoms with Crippen LogP contribution in [0.4, 0.5) is 4.79 Å². The number of hydrogen-bond donors (Lipinski definition) is 2. The molecule has 6 heteroatoms. The fraction of sp³-hybridized carbons (Fsp3) is 0.600. The maximum Gasteiger partial charge on any atom is 0.337 e. The molecule has 36 heavy (non-hydrogen) atoms. The number of methoxy groups -OCH3 is 1. The van der Waals surface area contributed by atoms with Crippen molar-refractivity contribution in [2.45, 2.75) is 104 Å². The Balaban J connectivity index is 1.95. The monoisotopic (exact) mass is 498 g/mol. The SMILES string of the molecule is CCCCCC/C=C/CCCCCCCc1cccc(OCC)c1C1NC(=O)NC(C)=C1C(=O)OC. The third-order valence-electron chi connectivity index (χ3n) is 6.63. The number of aryl methyl sites for hydroxylation is 1. The molecule has 6 nitrogen and oxygen atoms in total. The molecule has 1 heterocycles. The molecule has 1 aliphatic heterocycles. The van der Waals surface area contributed by atoms with Gasteiger partial charge in [0, 0.05) is 11.3 Å². The lowest BCUT2D eigenvalue weighted by Gasteiger charge is -2.30. The van der Waals surface area contributed by atoms with Crippen LogP contribution >= 0.6 is 0 Å². The molecule has 0 aliphatic carbocycles. The molecule has 1 aromatic rings. The van der Waals surface area contributed by atoms with Gasteiger partial charge in [0.05, 0.1) is 25.3 Å². The number of allylic oxidation sites excluding steroid dienone is 3. The lowest BCUT2D eigenvalue weighted by molar-refractivity contribution is -0.136. The summed E-state index contributed by atoms with van der Waals surface area (Å²) in [6.45, 7) is 6.41. The van der Waals surface area contributed by atoms with Crippen molar-refractivity contribution in [1.82, 2.24) is 10.6 Å². The first kappa shape index (κ1) is 29.5. The van der Waals surface area contributed by atoms with Gasteiger partial charge in [-0.3, -0.25) is 0 Å². The van der Waals surface area contributed by atoms with Gasteiger partial charge in [-0.1, -0.05) is 69.7 Å². The smallest absolute Gasteiger partial charge is 0.337 e. The van der Waals surface area contributed by atoms with E-state index in [4.69, 9.17) is 9.47 Å². The Morgan fingerprint density at radius 3 is 2.31 bits per heavy atom. The largest absolute Gasteiger partial charge is 0.493 e. The van der Waals surface area contributed by atoms with Crippen molar-refractivity contribution in [2.75, 3.05) is 13.7 Å². The maximum atomic E-state index is 12.6. The standard InChI is InChI=1S/C30H46N2O4/c1-5-7-8-9-10-11-12-13-14-15-16-17-18-20-24-21-19-22-25(36-6-2)27(24)28-26(29(33)35-4)23(3)31-30(34)32-28/h11-12,19,21-22,28H,5-10,13-18,20H2,1-4H3,(H2,31,32,34)/b12-11+. The van der Waals surface area contributed by atoms with Crippen LogP contribution in [0.25, 0.3) is 0 Å². The van der Waals surface area contributed by atoms with Crippen LogP contribution in [0.5, 0.6) is 5.75 Å². The zero-order valence-electron chi connectivity index (χ0n) is 22.8. The quantitative estimate of drug-likeness (QED) is 0.134. The fourth-order valence-corrected chi connectivity index (χ4v) is 4.74. The number of carbonyl (C=O) groups is 2. The Labute approximate surface area is 217 Å². The zero-order chi connectivity index (χ0) is 26.2. The number of hydrogen-bond acceptors (Lipinski definition) is 4. The molecule has 200 valence electrons. The van der Waals surface area contributed by atoms with E-state index in [1.165, 1.54) is 64.9 Å². The predicted molar refractivity (Wildman–Crippen MR) is 146 cm³/mol. The van der Waals surface area contributed by atoms with Gasteiger partial charge in [-0.05, 0) is 64.0 Å². The van der Waals surface area contributed by atoms with Crippen molar-refractivity contribution in [1.29, 1.82) is 0 Å². The average Bonchev–Trinajstić information content (AvgIpc) is 2.86. The van der Waals surface area contributed by atoms with Gasteiger partial charge in [0.1, 0.15) is 5.75 Å². The topological polar surface area (TPSA) is 76.7 Å². The van der Waals surface area contributed by atoms with E-state index >= 15 is 0 Å². The molecule has 2 rings (SSSR count). The maximum absolute atomic E-state index is 12.6. The van der Waals surface area contributed by atoms with Crippen molar-refractivity contribution < 1.29 is 19.1 Å². The van der Waals surface area contributed by atoms with Gasteiger partial charge in [-0.25, -0.2) is 9.59 Å². The lowest BCUT2D eigenvalue weighted by Crippen LogP contribution is -2.45. The second-order valence-corrected chi connectivity index (χ2v) is 9.45. The number of amides is 2. The Morgan fingerprint density at radius 1 is 0.972 bits per heavy atom. The molecule has 2 N–H and O–H groups in total. The summed E-state index contributed by atoms with van der Waals surface area (Å²) in [6.07, 6.45) is 19.1. The van der Waals surface area contributed by atoms with Crippen LogP contribution in [-0.2, 0) is 16.0 Å². The van der Waals surface area contributed by atoms with Crippen molar-refractivity contribution in [3.63, 3.8) is 0 Å². The molecule has 0 fully saturated rings. The van der Waals surface area contributed by atoms with E-state index in [9.17, 15) is 9.59 Å². The van der Waals surface area contributed by atoms with E-state index in [2.05, 4.69) is 35.8 Å². The average molecular weight is 499 g/mol. The zero-order valence-corrected chi connectivity index (χ0v) is 22.8. The molecule has 0 aromatic heterocycles. The van der Waals surface area contributed by atoms with Gasteiger partial charge in [-0.15, -0.1) is 0 Å². The first-order valence-corrected chi connectivity index (χ1v) is 13.8. The number of ether oxygens (including phenoxy) is 2. The normalized spacial score (nSPS) is 15.7. The molecule has 1 atom stereocenters. The summed E-state index contributed by atoms with van der Waals surface area (Å²) < 4.78 is 11.0. The van der Waals surface area contributed by atoms with Crippen LogP contribution in [0.3, 0.4) is 0 Å². The molecule has 0 saturated heterocycles. The van der Waals surface area contributed by atoms with Gasteiger partial charge in [0.15, 0.2) is 0 Å². The Kier molecular flexibility index (Phi) is 13.8. The summed E-state index contributed by atoms with van der Waals surface area (Å²) in [7, 11) is 1.36. The fourth-order valence-electron chi connectivity index (χ4n) is 4.74. The molecule has 1 aliphatic rings. The molecule has 2 amide bonds. The Hall–Kier alpha value is -2.76. The van der Waals surface area contributed by atoms with Crippen molar-refractivity contribution in [3.8, 4) is 5.75 Å². The third kappa shape index (κ3) is 9.36. The number of rotatable bonds is 17. The van der Waals surface area contributed by atoms with E-state index < -0.39 is 12.0 Å². The summed E-state index contributed by atoms with van der Waals surface area (Å²) in [6, 6.07) is 5.00. The first-order chi connectivity index (χ1) is 17.5. The highest BCUT2D eigenvalue weighted by molar-refractivity contribution is 5.95. The van der Waals surface area contributed by atoms with Crippen molar-refractivity contribution in [2.24, 2.45) is 0 Å². The lowest BCUT2D eigenvalue weighted by atomic mass is 9.89. The van der Waals surface area contributed by atoms with Crippen molar-refractivity contribution >= 4 is 12.0 Å². The van der Waals surface area contributed by atoms with E-state index in [1.807, 2.05) is 19.1 Å². The summed E-state index contributed by atoms with van der Waals surface area (Å²) >= 11 is 0. The van der Waals surface area contributed by atoms with E-state index in [1.54, 1.807) is 6.92 Å². The molecule has 0 radical (unpaired) electrons. The Bertz CT molecular complexity index is 891. The summed E-state index contributed by atoms with van der Waals surface area (Å²) in [5.74, 6) is 0.232. The van der Waals surface area contributed by atoms with Crippen LogP contribution in [0.2, 0.25) is 0 Å². The van der Waals surface area contributed by atoms with Crippen LogP contribution in [0.1, 0.15) is 109 Å². The molecular weight excluding hydrogens is 452 g/mol. The summed E-state index contributed by atoms with van der Waals surface area (Å²) in [5.41, 5.74) is 2.85. The van der Waals surface area contributed by atoms with Gasteiger partial charge in [-0.2, -0.15) is 0 Å². The predicted octanol–water partition coefficient (Wildman–Crippen LogP) is 7.30. The minimum Gasteiger partial charge on any atom is -0.493 e. The molecule has 0 spiro atoms. The Morgan fingerprint density at radius 2 is 1.64 bits per heavy atom. The molecule has 0 saturated carbocycles. The van der Waals surface area contributed by atoms with Crippen LogP contribution in [0.15, 0.2) is 41.6 Å². The molecule has 1 unspecified atom stereocenters. The number of esters is 1. The van der Waals surface area contributed by atoms with Crippen molar-refractivity contribution in [3.05, 3.63) is 52.7 Å². The van der Waals surface area contributed by atoms with Gasteiger partial charge in [0.25, 0.3) is 0 Å². The van der Waals surface area contributed by atoms with Crippen LogP contribution < -0.4 is 15.4 Å². The minimum atomic E-state index is -0.613. The van der Waals surface area contributed by atoms with E-state index in [0.29, 0.717) is 23.6 Å². The third-order valence-corrected chi connectivity index (χ3v) is 6.63. The number of carbonyl (C=O) groups excluding carboxylic acids is 2. The van der Waals surface area contributed by atoms with E-state index in [-0.39, 0.29) is 6.03 Å². The minimum absolute atomic E-state index is 0.336. The molecular formula is C30H46N2O4. The van der Waals surface area contributed by atoms with Gasteiger partial charge >= 0.3 is 12.0 Å². The summed E-state index contributed by atoms with van der Waals surface area (Å²) in [5, 5.41) is 5.62.